The molecule has 0 saturated heterocycles. The minimum absolute atomic E-state index is 0.164. The van der Waals surface area contributed by atoms with Gasteiger partial charge in [0.1, 0.15) is 11.8 Å². The summed E-state index contributed by atoms with van der Waals surface area (Å²) < 4.78 is 30.3. The Labute approximate surface area is 80.7 Å². The van der Waals surface area contributed by atoms with Gasteiger partial charge < -0.3 is 4.74 Å². The van der Waals surface area contributed by atoms with Gasteiger partial charge in [0.05, 0.1) is 0 Å². The second-order valence-corrected chi connectivity index (χ2v) is 2.72. The molecule has 0 saturated carbocycles. The topological polar surface area (TPSA) is 33.0 Å². The molecule has 0 aliphatic heterocycles. The van der Waals surface area contributed by atoms with E-state index in [1.807, 2.05) is 6.07 Å². The lowest BCUT2D eigenvalue weighted by Gasteiger charge is -2.09. The molecule has 0 radical (unpaired) electrons. The molecule has 4 heteroatoms. The second kappa shape index (κ2) is 4.56. The van der Waals surface area contributed by atoms with Crippen molar-refractivity contribution in [1.82, 2.24) is 0 Å². The Kier molecular flexibility index (Phi) is 3.41. The van der Waals surface area contributed by atoms with Gasteiger partial charge in [-0.3, -0.25) is 0 Å². The highest BCUT2D eigenvalue weighted by atomic mass is 19.2. The summed E-state index contributed by atoms with van der Waals surface area (Å²) in [5.41, 5.74) is 0. The van der Waals surface area contributed by atoms with E-state index in [9.17, 15) is 8.78 Å². The molecule has 14 heavy (non-hydrogen) atoms. The fourth-order valence-corrected chi connectivity index (χ4v) is 0.915. The van der Waals surface area contributed by atoms with Gasteiger partial charge in [-0.25, -0.2) is 8.78 Å². The van der Waals surface area contributed by atoms with Crippen molar-refractivity contribution in [3.63, 3.8) is 0 Å². The Morgan fingerprint density at radius 3 is 2.64 bits per heavy atom. The predicted octanol–water partition coefficient (Wildman–Crippen LogP) is 2.65. The molecular weight excluding hydrogens is 188 g/mol. The lowest BCUT2D eigenvalue weighted by atomic mass is 10.3. The fourth-order valence-electron chi connectivity index (χ4n) is 0.915. The summed E-state index contributed by atoms with van der Waals surface area (Å²) in [5.74, 6) is -1.74. The minimum atomic E-state index is -0.977. The maximum atomic E-state index is 12.7. The molecule has 1 unspecified atom stereocenters. The zero-order chi connectivity index (χ0) is 10.6. The molecule has 0 amide bonds. The van der Waals surface area contributed by atoms with Crippen molar-refractivity contribution in [2.75, 3.05) is 0 Å². The van der Waals surface area contributed by atoms with Crippen LogP contribution in [0.4, 0.5) is 8.78 Å². The Bertz CT molecular complexity index is 360. The zero-order valence-corrected chi connectivity index (χ0v) is 7.63. The highest BCUT2D eigenvalue weighted by Crippen LogP contribution is 2.17. The molecule has 0 aromatic heterocycles. The molecule has 0 N–H and O–H groups in total. The molecule has 1 atom stereocenters. The van der Waals surface area contributed by atoms with E-state index in [1.54, 1.807) is 6.92 Å². The molecule has 74 valence electrons. The normalized spacial score (nSPS) is 11.9. The van der Waals surface area contributed by atoms with Crippen molar-refractivity contribution >= 4 is 0 Å². The van der Waals surface area contributed by atoms with Gasteiger partial charge in [-0.05, 0) is 18.6 Å². The number of nitriles is 1. The van der Waals surface area contributed by atoms with Crippen LogP contribution in [0.15, 0.2) is 18.2 Å². The van der Waals surface area contributed by atoms with Crippen LogP contribution in [0, 0.1) is 23.0 Å². The van der Waals surface area contributed by atoms with Crippen LogP contribution in [0.5, 0.6) is 5.75 Å². The zero-order valence-electron chi connectivity index (χ0n) is 7.63. The van der Waals surface area contributed by atoms with Gasteiger partial charge >= 0.3 is 0 Å². The largest absolute Gasteiger partial charge is 0.475 e. The first-order valence-electron chi connectivity index (χ1n) is 4.18. The molecule has 0 spiro atoms. The molecule has 1 aromatic carbocycles. The number of ether oxygens (including phenoxy) is 1. The minimum Gasteiger partial charge on any atom is -0.475 e. The van der Waals surface area contributed by atoms with E-state index in [2.05, 4.69) is 0 Å². The Morgan fingerprint density at radius 1 is 1.43 bits per heavy atom. The van der Waals surface area contributed by atoms with Gasteiger partial charge in [0.15, 0.2) is 17.7 Å². The number of hydrogen-bond donors (Lipinski definition) is 0. The lowest BCUT2D eigenvalue weighted by molar-refractivity contribution is 0.250. The molecule has 1 aromatic rings. The van der Waals surface area contributed by atoms with Crippen molar-refractivity contribution in [2.45, 2.75) is 19.4 Å². The van der Waals surface area contributed by atoms with Gasteiger partial charge in [0.25, 0.3) is 0 Å². The van der Waals surface area contributed by atoms with E-state index >= 15 is 0 Å². The molecule has 2 nitrogen and oxygen atoms in total. The first-order chi connectivity index (χ1) is 6.67. The summed E-state index contributed by atoms with van der Waals surface area (Å²) in [6.07, 6.45) is -0.130. The van der Waals surface area contributed by atoms with E-state index in [1.165, 1.54) is 6.07 Å². The van der Waals surface area contributed by atoms with Crippen molar-refractivity contribution in [3.05, 3.63) is 29.8 Å². The van der Waals surface area contributed by atoms with E-state index in [0.717, 1.165) is 12.1 Å². The first kappa shape index (κ1) is 10.5. The summed E-state index contributed by atoms with van der Waals surface area (Å²) >= 11 is 0. The average Bonchev–Trinajstić information content (AvgIpc) is 2.19. The van der Waals surface area contributed by atoms with E-state index in [4.69, 9.17) is 10.00 Å². The fraction of sp³-hybridized carbons (Fsp3) is 0.300. The van der Waals surface area contributed by atoms with E-state index < -0.39 is 17.7 Å². The van der Waals surface area contributed by atoms with Crippen LogP contribution in [-0.4, -0.2) is 6.10 Å². The van der Waals surface area contributed by atoms with Gasteiger partial charge in [0.2, 0.25) is 0 Å². The van der Waals surface area contributed by atoms with E-state index in [0.29, 0.717) is 6.42 Å². The smallest absolute Gasteiger partial charge is 0.184 e. The maximum absolute atomic E-state index is 12.7. The molecule has 1 rings (SSSR count). The number of hydrogen-bond acceptors (Lipinski definition) is 2. The number of nitrogens with zero attached hydrogens (tertiary/aromatic N) is 1. The summed E-state index contributed by atoms with van der Waals surface area (Å²) in [6, 6.07) is 5.08. The lowest BCUT2D eigenvalue weighted by Crippen LogP contribution is -2.12. The van der Waals surface area contributed by atoms with Crippen LogP contribution in [-0.2, 0) is 0 Å². The molecule has 0 aliphatic carbocycles. The van der Waals surface area contributed by atoms with E-state index in [-0.39, 0.29) is 5.75 Å². The number of halogens is 2. The molecule has 0 aliphatic rings. The summed E-state index contributed by atoms with van der Waals surface area (Å²) in [7, 11) is 0. The highest BCUT2D eigenvalue weighted by molar-refractivity contribution is 5.24. The summed E-state index contributed by atoms with van der Waals surface area (Å²) in [6.45, 7) is 1.77. The summed E-state index contributed by atoms with van der Waals surface area (Å²) in [5, 5.41) is 8.57. The van der Waals surface area contributed by atoms with Gasteiger partial charge in [-0.1, -0.05) is 6.92 Å². The van der Waals surface area contributed by atoms with Gasteiger partial charge in [0, 0.05) is 6.07 Å². The van der Waals surface area contributed by atoms with Crippen molar-refractivity contribution in [3.8, 4) is 11.8 Å². The SMILES string of the molecule is CCC(C#N)Oc1ccc(F)c(F)c1. The Balaban J connectivity index is 2.78. The third-order valence-corrected chi connectivity index (χ3v) is 1.68. The Morgan fingerprint density at radius 2 is 2.14 bits per heavy atom. The van der Waals surface area contributed by atoms with Crippen LogP contribution < -0.4 is 4.74 Å². The Hall–Kier alpha value is -1.63. The van der Waals surface area contributed by atoms with Crippen LogP contribution in [0.2, 0.25) is 0 Å². The van der Waals surface area contributed by atoms with Crippen molar-refractivity contribution in [2.24, 2.45) is 0 Å². The van der Waals surface area contributed by atoms with Crippen molar-refractivity contribution in [1.29, 1.82) is 5.26 Å². The third kappa shape index (κ3) is 2.43. The maximum Gasteiger partial charge on any atom is 0.184 e. The highest BCUT2D eigenvalue weighted by Gasteiger charge is 2.08. The van der Waals surface area contributed by atoms with Crippen LogP contribution >= 0.6 is 0 Å². The number of rotatable bonds is 3. The second-order valence-electron chi connectivity index (χ2n) is 2.72. The number of benzene rings is 1. The quantitative estimate of drug-likeness (QED) is 0.746. The summed E-state index contributed by atoms with van der Waals surface area (Å²) in [4.78, 5) is 0. The average molecular weight is 197 g/mol. The van der Waals surface area contributed by atoms with Gasteiger partial charge in [-0.15, -0.1) is 0 Å². The standard InChI is InChI=1S/C10H9F2NO/c1-2-7(6-13)14-8-3-4-9(11)10(12)5-8/h3-5,7H,2H2,1H3. The molecular formula is C10H9F2NO. The van der Waals surface area contributed by atoms with Crippen LogP contribution in [0.3, 0.4) is 0 Å². The molecule has 0 heterocycles. The van der Waals surface area contributed by atoms with Crippen molar-refractivity contribution < 1.29 is 13.5 Å². The predicted molar refractivity (Wildman–Crippen MR) is 46.7 cm³/mol. The third-order valence-electron chi connectivity index (χ3n) is 1.68. The molecule has 0 bridgehead atoms. The first-order valence-corrected chi connectivity index (χ1v) is 4.18. The van der Waals surface area contributed by atoms with Crippen LogP contribution in [0.25, 0.3) is 0 Å². The molecule has 0 fully saturated rings. The van der Waals surface area contributed by atoms with Crippen LogP contribution in [0.1, 0.15) is 13.3 Å². The van der Waals surface area contributed by atoms with Gasteiger partial charge in [-0.2, -0.15) is 5.26 Å². The monoisotopic (exact) mass is 197 g/mol.